The number of benzene rings is 2. The minimum atomic E-state index is -0.575. The molecule has 3 aromatic rings. The molecular weight excluding hydrogens is 360 g/mol. The molecule has 1 heterocycles. The van der Waals surface area contributed by atoms with E-state index in [1.807, 2.05) is 32.0 Å². The average Bonchev–Trinajstić information content (AvgIpc) is 3.09. The highest BCUT2D eigenvalue weighted by molar-refractivity contribution is 5.94. The van der Waals surface area contributed by atoms with Crippen molar-refractivity contribution in [3.05, 3.63) is 76.1 Å². The molecule has 1 aromatic heterocycles. The van der Waals surface area contributed by atoms with Gasteiger partial charge >= 0.3 is 0 Å². The number of hydrogen-bond acceptors (Lipinski definition) is 5. The fourth-order valence-corrected chi connectivity index (χ4v) is 2.63. The minimum Gasteiger partial charge on any atom is -0.457 e. The Kier molecular flexibility index (Phi) is 5.39. The van der Waals surface area contributed by atoms with Crippen molar-refractivity contribution in [1.29, 1.82) is 0 Å². The third kappa shape index (κ3) is 4.35. The van der Waals surface area contributed by atoms with Crippen molar-refractivity contribution in [2.75, 3.05) is 5.32 Å². The first-order chi connectivity index (χ1) is 13.3. The number of anilines is 1. The second-order valence-electron chi connectivity index (χ2n) is 6.50. The zero-order valence-electron chi connectivity index (χ0n) is 15.7. The Morgan fingerprint density at radius 1 is 1.25 bits per heavy atom. The molecule has 1 atom stereocenters. The molecule has 0 saturated carbocycles. The quantitative estimate of drug-likeness (QED) is 0.505. The van der Waals surface area contributed by atoms with E-state index in [1.54, 1.807) is 31.5 Å². The van der Waals surface area contributed by atoms with Crippen LogP contribution in [0.2, 0.25) is 0 Å². The number of aryl methyl sites for hydroxylation is 2. The molecule has 1 N–H and O–H groups in total. The van der Waals surface area contributed by atoms with Gasteiger partial charge < -0.3 is 10.1 Å². The molecule has 0 radical (unpaired) electrons. The summed E-state index contributed by atoms with van der Waals surface area (Å²) in [7, 11) is 0. The lowest BCUT2D eigenvalue weighted by Crippen LogP contribution is -2.24. The summed E-state index contributed by atoms with van der Waals surface area (Å²) in [5, 5.41) is 18.1. The van der Waals surface area contributed by atoms with Gasteiger partial charge in [-0.05, 0) is 38.0 Å². The smallest absolute Gasteiger partial charge is 0.275 e. The Morgan fingerprint density at radius 3 is 2.64 bits per heavy atom. The van der Waals surface area contributed by atoms with Gasteiger partial charge in [0.15, 0.2) is 0 Å². The minimum absolute atomic E-state index is 0.177. The predicted molar refractivity (Wildman–Crippen MR) is 105 cm³/mol. The number of nitro groups is 1. The van der Waals surface area contributed by atoms with Gasteiger partial charge in [0, 0.05) is 18.3 Å². The van der Waals surface area contributed by atoms with Crippen LogP contribution in [-0.4, -0.2) is 20.6 Å². The summed E-state index contributed by atoms with van der Waals surface area (Å²) < 4.78 is 7.33. The second-order valence-corrected chi connectivity index (χ2v) is 6.50. The second kappa shape index (κ2) is 7.91. The van der Waals surface area contributed by atoms with Crippen molar-refractivity contribution < 1.29 is 14.5 Å². The summed E-state index contributed by atoms with van der Waals surface area (Å²) in [6.07, 6.45) is 3.41. The standard InChI is InChI=1S/C20H20N4O4/c1-13-11-21-23(12-13)15(3)20(25)22-16-8-17(24(26)27)10-18(9-16)28-19-7-5-4-6-14(19)2/h4-12,15H,1-3H3,(H,22,25). The van der Waals surface area contributed by atoms with Crippen LogP contribution in [0.25, 0.3) is 0 Å². The van der Waals surface area contributed by atoms with Crippen molar-refractivity contribution in [1.82, 2.24) is 9.78 Å². The number of hydrogen-bond donors (Lipinski definition) is 1. The SMILES string of the molecule is Cc1cnn(C(C)C(=O)Nc2cc(Oc3ccccc3C)cc([N+](=O)[O-])c2)c1. The van der Waals surface area contributed by atoms with Crippen molar-refractivity contribution in [3.8, 4) is 11.5 Å². The van der Waals surface area contributed by atoms with E-state index in [9.17, 15) is 14.9 Å². The van der Waals surface area contributed by atoms with Crippen LogP contribution in [0.15, 0.2) is 54.9 Å². The van der Waals surface area contributed by atoms with E-state index in [0.29, 0.717) is 5.75 Å². The number of para-hydroxylation sites is 1. The number of nitrogens with zero attached hydrogens (tertiary/aromatic N) is 3. The van der Waals surface area contributed by atoms with E-state index in [2.05, 4.69) is 10.4 Å². The first-order valence-electron chi connectivity index (χ1n) is 8.68. The molecule has 8 heteroatoms. The monoisotopic (exact) mass is 380 g/mol. The van der Waals surface area contributed by atoms with E-state index in [1.165, 1.54) is 16.8 Å². The van der Waals surface area contributed by atoms with Crippen LogP contribution >= 0.6 is 0 Å². The average molecular weight is 380 g/mol. The van der Waals surface area contributed by atoms with Crippen LogP contribution in [0.4, 0.5) is 11.4 Å². The highest BCUT2D eigenvalue weighted by Gasteiger charge is 2.18. The normalized spacial score (nSPS) is 11.7. The lowest BCUT2D eigenvalue weighted by atomic mass is 10.2. The van der Waals surface area contributed by atoms with Gasteiger partial charge in [0.05, 0.1) is 22.9 Å². The maximum absolute atomic E-state index is 12.5. The number of non-ortho nitro benzene ring substituents is 1. The highest BCUT2D eigenvalue weighted by Crippen LogP contribution is 2.31. The lowest BCUT2D eigenvalue weighted by molar-refractivity contribution is -0.384. The zero-order chi connectivity index (χ0) is 20.3. The van der Waals surface area contributed by atoms with Crippen molar-refractivity contribution >= 4 is 17.3 Å². The van der Waals surface area contributed by atoms with Crippen LogP contribution in [0, 0.1) is 24.0 Å². The first kappa shape index (κ1) is 19.1. The Bertz CT molecular complexity index is 1030. The molecule has 0 aliphatic rings. The topological polar surface area (TPSA) is 99.3 Å². The number of aromatic nitrogens is 2. The summed E-state index contributed by atoms with van der Waals surface area (Å²) in [5.41, 5.74) is 1.92. The number of carbonyl (C=O) groups is 1. The van der Waals surface area contributed by atoms with Crippen molar-refractivity contribution in [2.24, 2.45) is 0 Å². The van der Waals surface area contributed by atoms with Gasteiger partial charge in [-0.3, -0.25) is 19.6 Å². The van der Waals surface area contributed by atoms with E-state index in [0.717, 1.165) is 11.1 Å². The van der Waals surface area contributed by atoms with Gasteiger partial charge in [0.1, 0.15) is 17.5 Å². The Hall–Kier alpha value is -3.68. The predicted octanol–water partition coefficient (Wildman–Crippen LogP) is 4.40. The summed E-state index contributed by atoms with van der Waals surface area (Å²) >= 11 is 0. The van der Waals surface area contributed by atoms with E-state index >= 15 is 0 Å². The molecule has 0 spiro atoms. The first-order valence-corrected chi connectivity index (χ1v) is 8.68. The third-order valence-electron chi connectivity index (χ3n) is 4.20. The van der Waals surface area contributed by atoms with Gasteiger partial charge in [-0.1, -0.05) is 18.2 Å². The molecule has 0 aliphatic heterocycles. The molecule has 0 fully saturated rings. The summed E-state index contributed by atoms with van der Waals surface area (Å²) in [4.78, 5) is 23.3. The molecular formula is C20H20N4O4. The lowest BCUT2D eigenvalue weighted by Gasteiger charge is -2.14. The number of ether oxygens (including phenoxy) is 1. The van der Waals surface area contributed by atoms with Crippen LogP contribution < -0.4 is 10.1 Å². The fraction of sp³-hybridized carbons (Fsp3) is 0.200. The third-order valence-corrected chi connectivity index (χ3v) is 4.20. The number of nitrogens with one attached hydrogen (secondary N) is 1. The van der Waals surface area contributed by atoms with Gasteiger partial charge in [0.25, 0.3) is 5.69 Å². The molecule has 1 amide bonds. The number of nitro benzene ring substituents is 1. The zero-order valence-corrected chi connectivity index (χ0v) is 15.7. The van der Waals surface area contributed by atoms with E-state index < -0.39 is 11.0 Å². The van der Waals surface area contributed by atoms with Gasteiger partial charge in [-0.25, -0.2) is 0 Å². The van der Waals surface area contributed by atoms with E-state index in [4.69, 9.17) is 4.74 Å². The molecule has 0 aliphatic carbocycles. The molecule has 0 bridgehead atoms. The van der Waals surface area contributed by atoms with Crippen LogP contribution in [0.3, 0.4) is 0 Å². The maximum Gasteiger partial charge on any atom is 0.275 e. The molecule has 144 valence electrons. The molecule has 8 nitrogen and oxygen atoms in total. The summed E-state index contributed by atoms with van der Waals surface area (Å²) in [5.74, 6) is 0.507. The molecule has 0 saturated heterocycles. The number of carbonyl (C=O) groups excluding carboxylic acids is 1. The maximum atomic E-state index is 12.5. The van der Waals surface area contributed by atoms with Crippen molar-refractivity contribution in [2.45, 2.75) is 26.8 Å². The molecule has 28 heavy (non-hydrogen) atoms. The van der Waals surface area contributed by atoms with Crippen LogP contribution in [0.5, 0.6) is 11.5 Å². The van der Waals surface area contributed by atoms with Gasteiger partial charge in [0.2, 0.25) is 5.91 Å². The van der Waals surface area contributed by atoms with Crippen LogP contribution in [-0.2, 0) is 4.79 Å². The molecule has 3 rings (SSSR count). The Morgan fingerprint density at radius 2 is 2.00 bits per heavy atom. The van der Waals surface area contributed by atoms with Gasteiger partial charge in [-0.15, -0.1) is 0 Å². The van der Waals surface area contributed by atoms with Gasteiger partial charge in [-0.2, -0.15) is 5.10 Å². The molecule has 1 unspecified atom stereocenters. The number of rotatable bonds is 6. The Labute approximate surface area is 161 Å². The summed E-state index contributed by atoms with van der Waals surface area (Å²) in [6.45, 7) is 5.46. The van der Waals surface area contributed by atoms with Crippen LogP contribution in [0.1, 0.15) is 24.1 Å². The fourth-order valence-electron chi connectivity index (χ4n) is 2.63. The summed E-state index contributed by atoms with van der Waals surface area (Å²) in [6, 6.07) is 10.9. The highest BCUT2D eigenvalue weighted by atomic mass is 16.6. The van der Waals surface area contributed by atoms with E-state index in [-0.39, 0.29) is 23.0 Å². The largest absolute Gasteiger partial charge is 0.457 e. The molecule has 2 aromatic carbocycles. The van der Waals surface area contributed by atoms with Crippen molar-refractivity contribution in [3.63, 3.8) is 0 Å². The number of amides is 1. The Balaban J connectivity index is 1.86.